The molecule has 0 amide bonds. The molecular formula is C11H18N2O3S. The monoisotopic (exact) mass is 258 g/mol. The first-order valence-corrected chi connectivity index (χ1v) is 6.92. The second kappa shape index (κ2) is 5.37. The van der Waals surface area contributed by atoms with Gasteiger partial charge in [-0.15, -0.1) is 0 Å². The van der Waals surface area contributed by atoms with Crippen molar-refractivity contribution in [3.05, 3.63) is 23.8 Å². The summed E-state index contributed by atoms with van der Waals surface area (Å²) in [5, 5.41) is 9.64. The maximum Gasteiger partial charge on any atom is 0.301 e. The third-order valence-corrected chi connectivity index (χ3v) is 4.11. The van der Waals surface area contributed by atoms with Crippen LogP contribution in [0.5, 0.6) is 5.75 Å². The summed E-state index contributed by atoms with van der Waals surface area (Å²) in [6, 6.07) is 4.80. The van der Waals surface area contributed by atoms with Crippen LogP contribution in [0, 0.1) is 6.92 Å². The van der Waals surface area contributed by atoms with Gasteiger partial charge in [0.15, 0.2) is 0 Å². The van der Waals surface area contributed by atoms with Crippen LogP contribution in [0.1, 0.15) is 19.4 Å². The zero-order chi connectivity index (χ0) is 13.1. The van der Waals surface area contributed by atoms with Gasteiger partial charge in [-0.1, -0.05) is 19.9 Å². The van der Waals surface area contributed by atoms with E-state index in [1.165, 1.54) is 10.4 Å². The number of hydrogen-bond donors (Lipinski definition) is 2. The van der Waals surface area contributed by atoms with E-state index in [-0.39, 0.29) is 11.4 Å². The van der Waals surface area contributed by atoms with E-state index in [1.807, 2.05) is 6.92 Å². The molecule has 0 radical (unpaired) electrons. The maximum absolute atomic E-state index is 11.9. The van der Waals surface area contributed by atoms with Gasteiger partial charge in [-0.3, -0.25) is 4.72 Å². The zero-order valence-corrected chi connectivity index (χ0v) is 11.1. The Morgan fingerprint density at radius 3 is 2.35 bits per heavy atom. The predicted molar refractivity (Wildman–Crippen MR) is 68.3 cm³/mol. The van der Waals surface area contributed by atoms with Crippen LogP contribution in [0.2, 0.25) is 0 Å². The molecule has 0 aromatic heterocycles. The highest BCUT2D eigenvalue weighted by Gasteiger charge is 2.19. The van der Waals surface area contributed by atoms with Gasteiger partial charge in [0.1, 0.15) is 5.75 Å². The second-order valence-corrected chi connectivity index (χ2v) is 5.38. The number of anilines is 1. The molecule has 0 unspecified atom stereocenters. The second-order valence-electron chi connectivity index (χ2n) is 3.71. The smallest absolute Gasteiger partial charge is 0.301 e. The summed E-state index contributed by atoms with van der Waals surface area (Å²) < 4.78 is 27.5. The van der Waals surface area contributed by atoms with Gasteiger partial charge in [-0.25, -0.2) is 0 Å². The molecule has 0 heterocycles. The lowest BCUT2D eigenvalue weighted by atomic mass is 10.2. The summed E-state index contributed by atoms with van der Waals surface area (Å²) in [5.41, 5.74) is 1.07. The number of aromatic hydroxyl groups is 1. The van der Waals surface area contributed by atoms with Crippen molar-refractivity contribution in [1.29, 1.82) is 0 Å². The normalized spacial score (nSPS) is 11.8. The minimum absolute atomic E-state index is 0.0688. The number of phenolic OH excluding ortho intramolecular Hbond substituents is 1. The van der Waals surface area contributed by atoms with E-state index >= 15 is 0 Å². The number of aryl methyl sites for hydroxylation is 1. The Labute approximate surface area is 102 Å². The van der Waals surface area contributed by atoms with Gasteiger partial charge >= 0.3 is 10.2 Å². The Bertz CT molecular complexity index is 481. The zero-order valence-electron chi connectivity index (χ0n) is 10.3. The summed E-state index contributed by atoms with van der Waals surface area (Å²) in [6.45, 7) is 6.12. The van der Waals surface area contributed by atoms with Crippen LogP contribution in [0.25, 0.3) is 0 Å². The highest BCUT2D eigenvalue weighted by atomic mass is 32.2. The SMILES string of the molecule is CCN(CC)S(=O)(=O)Nc1ccc(C)cc1O. The molecule has 0 bridgehead atoms. The van der Waals surface area contributed by atoms with E-state index in [9.17, 15) is 13.5 Å². The first-order valence-electron chi connectivity index (χ1n) is 5.48. The van der Waals surface area contributed by atoms with Gasteiger partial charge in [0.05, 0.1) is 5.69 Å². The van der Waals surface area contributed by atoms with E-state index in [2.05, 4.69) is 4.72 Å². The molecule has 1 aromatic rings. The molecule has 0 aliphatic carbocycles. The molecule has 0 aliphatic heterocycles. The van der Waals surface area contributed by atoms with Crippen molar-refractivity contribution in [2.45, 2.75) is 20.8 Å². The molecule has 0 spiro atoms. The van der Waals surface area contributed by atoms with Crippen LogP contribution >= 0.6 is 0 Å². The summed E-state index contributed by atoms with van der Waals surface area (Å²) in [5.74, 6) is -0.0688. The highest BCUT2D eigenvalue weighted by Crippen LogP contribution is 2.25. The number of nitrogens with one attached hydrogen (secondary N) is 1. The summed E-state index contributed by atoms with van der Waals surface area (Å²) in [7, 11) is -3.59. The van der Waals surface area contributed by atoms with Crippen molar-refractivity contribution < 1.29 is 13.5 Å². The van der Waals surface area contributed by atoms with Crippen LogP contribution in [-0.2, 0) is 10.2 Å². The fourth-order valence-corrected chi connectivity index (χ4v) is 2.75. The van der Waals surface area contributed by atoms with Crippen molar-refractivity contribution in [1.82, 2.24) is 4.31 Å². The largest absolute Gasteiger partial charge is 0.506 e. The van der Waals surface area contributed by atoms with Crippen molar-refractivity contribution in [3.8, 4) is 5.75 Å². The third kappa shape index (κ3) is 3.34. The Morgan fingerprint density at radius 2 is 1.88 bits per heavy atom. The lowest BCUT2D eigenvalue weighted by molar-refractivity contribution is 0.448. The van der Waals surface area contributed by atoms with Crippen molar-refractivity contribution in [3.63, 3.8) is 0 Å². The Hall–Kier alpha value is -1.27. The minimum Gasteiger partial charge on any atom is -0.506 e. The van der Waals surface area contributed by atoms with Gasteiger partial charge in [-0.2, -0.15) is 12.7 Å². The number of nitrogens with zero attached hydrogens (tertiary/aromatic N) is 1. The van der Waals surface area contributed by atoms with Crippen molar-refractivity contribution in [2.24, 2.45) is 0 Å². The molecule has 0 fully saturated rings. The van der Waals surface area contributed by atoms with Gasteiger partial charge in [0.2, 0.25) is 0 Å². The molecule has 0 atom stereocenters. The van der Waals surface area contributed by atoms with Gasteiger partial charge in [0, 0.05) is 13.1 Å². The fourth-order valence-electron chi connectivity index (χ4n) is 1.50. The lowest BCUT2D eigenvalue weighted by Gasteiger charge is -2.19. The fraction of sp³-hybridized carbons (Fsp3) is 0.455. The molecule has 1 aromatic carbocycles. The van der Waals surface area contributed by atoms with E-state index in [4.69, 9.17) is 0 Å². The molecular weight excluding hydrogens is 240 g/mol. The average molecular weight is 258 g/mol. The third-order valence-electron chi connectivity index (χ3n) is 2.44. The quantitative estimate of drug-likeness (QED) is 0.790. The molecule has 0 saturated heterocycles. The van der Waals surface area contributed by atoms with E-state index in [0.717, 1.165) is 5.56 Å². The summed E-state index contributed by atoms with van der Waals surface area (Å²) in [6.07, 6.45) is 0. The molecule has 96 valence electrons. The standard InChI is InChI=1S/C11H18N2O3S/c1-4-13(5-2)17(15,16)12-10-7-6-9(3)8-11(10)14/h6-8,12,14H,4-5H2,1-3H3. The highest BCUT2D eigenvalue weighted by molar-refractivity contribution is 7.90. The van der Waals surface area contributed by atoms with Crippen molar-refractivity contribution >= 4 is 15.9 Å². The first kappa shape index (κ1) is 13.8. The number of hydrogen-bond acceptors (Lipinski definition) is 3. The molecule has 17 heavy (non-hydrogen) atoms. The van der Waals surface area contributed by atoms with E-state index in [0.29, 0.717) is 13.1 Å². The predicted octanol–water partition coefficient (Wildman–Crippen LogP) is 1.70. The summed E-state index contributed by atoms with van der Waals surface area (Å²) >= 11 is 0. The van der Waals surface area contributed by atoms with Crippen LogP contribution < -0.4 is 4.72 Å². The average Bonchev–Trinajstić information content (AvgIpc) is 2.23. The Morgan fingerprint density at radius 1 is 1.29 bits per heavy atom. The Kier molecular flexibility index (Phi) is 4.36. The maximum atomic E-state index is 11.9. The molecule has 2 N–H and O–H groups in total. The molecule has 6 heteroatoms. The van der Waals surface area contributed by atoms with E-state index < -0.39 is 10.2 Å². The first-order chi connectivity index (χ1) is 7.90. The van der Waals surface area contributed by atoms with Gasteiger partial charge < -0.3 is 5.11 Å². The van der Waals surface area contributed by atoms with Gasteiger partial charge in [0.25, 0.3) is 0 Å². The molecule has 1 rings (SSSR count). The lowest BCUT2D eigenvalue weighted by Crippen LogP contribution is -2.35. The van der Waals surface area contributed by atoms with Crippen LogP contribution in [0.4, 0.5) is 5.69 Å². The van der Waals surface area contributed by atoms with Crippen LogP contribution in [-0.4, -0.2) is 30.9 Å². The molecule has 0 aliphatic rings. The van der Waals surface area contributed by atoms with E-state index in [1.54, 1.807) is 26.0 Å². The van der Waals surface area contributed by atoms with Gasteiger partial charge in [-0.05, 0) is 24.6 Å². The number of rotatable bonds is 5. The number of benzene rings is 1. The van der Waals surface area contributed by atoms with Crippen LogP contribution in [0.15, 0.2) is 18.2 Å². The number of phenols is 1. The van der Waals surface area contributed by atoms with Crippen LogP contribution in [0.3, 0.4) is 0 Å². The van der Waals surface area contributed by atoms with Crippen molar-refractivity contribution in [2.75, 3.05) is 17.8 Å². The topological polar surface area (TPSA) is 69.6 Å². The summed E-state index contributed by atoms with van der Waals surface area (Å²) in [4.78, 5) is 0. The Balaban J connectivity index is 2.98. The molecule has 0 saturated carbocycles. The minimum atomic E-state index is -3.59. The molecule has 5 nitrogen and oxygen atoms in total.